The van der Waals surface area contributed by atoms with Gasteiger partial charge in [0.05, 0.1) is 0 Å². The van der Waals surface area contributed by atoms with E-state index in [1.165, 1.54) is 5.56 Å². The number of nitrogens with two attached hydrogens (primary N) is 1. The van der Waals surface area contributed by atoms with Crippen molar-refractivity contribution < 1.29 is 13.3 Å². The van der Waals surface area contributed by atoms with Crippen LogP contribution in [0, 0.1) is 0 Å². The van der Waals surface area contributed by atoms with E-state index >= 15 is 0 Å². The van der Waals surface area contributed by atoms with E-state index in [4.69, 9.17) is 19.0 Å². The minimum absolute atomic E-state index is 0. The summed E-state index contributed by atoms with van der Waals surface area (Å²) in [7, 11) is -2.66. The zero-order valence-corrected chi connectivity index (χ0v) is 18.9. The molecule has 7 heteroatoms. The van der Waals surface area contributed by atoms with Crippen LogP contribution in [0.15, 0.2) is 43.1 Å². The molecule has 0 aliphatic rings. The van der Waals surface area contributed by atoms with Gasteiger partial charge in [-0.15, -0.1) is 12.4 Å². The molecule has 0 aromatic heterocycles. The van der Waals surface area contributed by atoms with Crippen molar-refractivity contribution in [3.8, 4) is 0 Å². The van der Waals surface area contributed by atoms with E-state index in [-0.39, 0.29) is 18.5 Å². The molecule has 0 aliphatic carbocycles. The Labute approximate surface area is 172 Å². The lowest BCUT2D eigenvalue weighted by Gasteiger charge is -2.32. The summed E-state index contributed by atoms with van der Waals surface area (Å²) in [6.07, 6.45) is 3.68. The van der Waals surface area contributed by atoms with Crippen LogP contribution in [0.2, 0.25) is 6.04 Å². The minimum atomic E-state index is -2.66. The molecule has 0 heterocycles. The van der Waals surface area contributed by atoms with E-state index in [1.807, 2.05) is 26.1 Å². The topological polar surface area (TPSA) is 57.0 Å². The predicted octanol–water partition coefficient (Wildman–Crippen LogP) is 4.21. The molecule has 0 amide bonds. The van der Waals surface area contributed by atoms with Gasteiger partial charge in [0.15, 0.2) is 0 Å². The fraction of sp³-hybridized carbons (Fsp3) is 0.600. The summed E-state index contributed by atoms with van der Waals surface area (Å²) in [5.74, 6) is 0. The Hall–Kier alpha value is -0.893. The van der Waals surface area contributed by atoms with Gasteiger partial charge >= 0.3 is 8.80 Å². The molecule has 1 unspecified atom stereocenters. The van der Waals surface area contributed by atoms with E-state index in [1.54, 1.807) is 0 Å². The third kappa shape index (κ3) is 10.3. The SMILES string of the molecule is C=CN(CCC(C)O[Si](CCCN)(OCC)OCC)Cc1ccccc1.Cl. The lowest BCUT2D eigenvalue weighted by molar-refractivity contribution is 0.0330. The maximum atomic E-state index is 6.34. The summed E-state index contributed by atoms with van der Waals surface area (Å²) in [4.78, 5) is 2.21. The first-order chi connectivity index (χ1) is 12.6. The van der Waals surface area contributed by atoms with Gasteiger partial charge in [-0.25, -0.2) is 0 Å². The summed E-state index contributed by atoms with van der Waals surface area (Å²) in [6, 6.07) is 11.2. The van der Waals surface area contributed by atoms with Gasteiger partial charge in [0, 0.05) is 38.5 Å². The first kappa shape index (κ1) is 26.1. The standard InChI is InChI=1S/C20H36N2O3Si.ClH/c1-5-22(18-20-12-9-8-10-13-20)16-14-19(4)25-26(23-6-2,24-7-3)17-11-15-21;/h5,8-10,12-13,19H,1,6-7,11,14-18,21H2,2-4H3;1H. The average Bonchev–Trinajstić information content (AvgIpc) is 2.64. The highest BCUT2D eigenvalue weighted by molar-refractivity contribution is 6.60. The fourth-order valence-electron chi connectivity index (χ4n) is 2.84. The van der Waals surface area contributed by atoms with Crippen molar-refractivity contribution in [3.63, 3.8) is 0 Å². The lowest BCUT2D eigenvalue weighted by atomic mass is 10.2. The molecule has 1 atom stereocenters. The summed E-state index contributed by atoms with van der Waals surface area (Å²) >= 11 is 0. The maximum Gasteiger partial charge on any atom is 0.501 e. The van der Waals surface area contributed by atoms with Gasteiger partial charge in [-0.3, -0.25) is 0 Å². The zero-order chi connectivity index (χ0) is 19.3. The second-order valence-corrected chi connectivity index (χ2v) is 8.98. The van der Waals surface area contributed by atoms with E-state index in [2.05, 4.69) is 42.7 Å². The van der Waals surface area contributed by atoms with Gasteiger partial charge in [0.1, 0.15) is 0 Å². The zero-order valence-electron chi connectivity index (χ0n) is 17.1. The molecule has 0 spiro atoms. The smallest absolute Gasteiger partial charge is 0.374 e. The van der Waals surface area contributed by atoms with E-state index in [0.29, 0.717) is 19.8 Å². The molecule has 2 N–H and O–H groups in total. The van der Waals surface area contributed by atoms with Gasteiger partial charge < -0.3 is 23.9 Å². The largest absolute Gasteiger partial charge is 0.501 e. The summed E-state index contributed by atoms with van der Waals surface area (Å²) in [5.41, 5.74) is 6.96. The van der Waals surface area contributed by atoms with Crippen LogP contribution in [0.5, 0.6) is 0 Å². The second-order valence-electron chi connectivity index (χ2n) is 6.30. The first-order valence-electron chi connectivity index (χ1n) is 9.65. The lowest BCUT2D eigenvalue weighted by Crippen LogP contribution is -2.48. The Morgan fingerprint density at radius 2 is 1.81 bits per heavy atom. The van der Waals surface area contributed by atoms with Crippen LogP contribution in [0.4, 0.5) is 0 Å². The van der Waals surface area contributed by atoms with E-state index in [9.17, 15) is 0 Å². The van der Waals surface area contributed by atoms with Crippen molar-refractivity contribution in [1.82, 2.24) is 4.90 Å². The molecule has 0 aliphatic heterocycles. The Morgan fingerprint density at radius 1 is 1.19 bits per heavy atom. The summed E-state index contributed by atoms with van der Waals surface area (Å²) < 4.78 is 18.3. The van der Waals surface area contributed by atoms with Crippen LogP contribution >= 0.6 is 12.4 Å². The van der Waals surface area contributed by atoms with Crippen LogP contribution in [0.3, 0.4) is 0 Å². The molecule has 0 saturated heterocycles. The van der Waals surface area contributed by atoms with Crippen molar-refractivity contribution in [2.24, 2.45) is 5.73 Å². The highest BCUT2D eigenvalue weighted by Gasteiger charge is 2.41. The Morgan fingerprint density at radius 3 is 2.33 bits per heavy atom. The van der Waals surface area contributed by atoms with Crippen molar-refractivity contribution >= 4 is 21.2 Å². The van der Waals surface area contributed by atoms with Crippen molar-refractivity contribution in [2.45, 2.75) is 52.3 Å². The van der Waals surface area contributed by atoms with Crippen molar-refractivity contribution in [1.29, 1.82) is 0 Å². The average molecular weight is 417 g/mol. The Kier molecular flexibility index (Phi) is 14.6. The third-order valence-corrected chi connectivity index (χ3v) is 7.29. The molecule has 5 nitrogen and oxygen atoms in total. The highest BCUT2D eigenvalue weighted by atomic mass is 35.5. The van der Waals surface area contributed by atoms with Crippen LogP contribution in [0.1, 0.15) is 39.2 Å². The number of halogens is 1. The quantitative estimate of drug-likeness (QED) is 0.434. The molecule has 1 rings (SSSR count). The number of benzene rings is 1. The number of hydrogen-bond donors (Lipinski definition) is 1. The van der Waals surface area contributed by atoms with Crippen molar-refractivity contribution in [2.75, 3.05) is 26.3 Å². The van der Waals surface area contributed by atoms with Gasteiger partial charge in [-0.05, 0) is 51.9 Å². The number of hydrogen-bond acceptors (Lipinski definition) is 5. The molecule has 156 valence electrons. The van der Waals surface area contributed by atoms with Crippen LogP contribution < -0.4 is 5.73 Å². The fourth-order valence-corrected chi connectivity index (χ4v) is 5.71. The molecule has 0 radical (unpaired) electrons. The van der Waals surface area contributed by atoms with Gasteiger partial charge in [0.25, 0.3) is 0 Å². The third-order valence-electron chi connectivity index (χ3n) is 4.11. The van der Waals surface area contributed by atoms with Crippen LogP contribution in [-0.2, 0) is 19.8 Å². The van der Waals surface area contributed by atoms with Crippen LogP contribution in [-0.4, -0.2) is 46.1 Å². The first-order valence-corrected chi connectivity index (χ1v) is 11.6. The molecule has 27 heavy (non-hydrogen) atoms. The molecule has 0 fully saturated rings. The molecular formula is C20H37ClN2O3Si. The highest BCUT2D eigenvalue weighted by Crippen LogP contribution is 2.21. The van der Waals surface area contributed by atoms with Crippen molar-refractivity contribution in [3.05, 3.63) is 48.7 Å². The van der Waals surface area contributed by atoms with Gasteiger partial charge in [0.2, 0.25) is 0 Å². The van der Waals surface area contributed by atoms with E-state index < -0.39 is 8.80 Å². The molecular weight excluding hydrogens is 380 g/mol. The summed E-state index contributed by atoms with van der Waals surface area (Å²) in [5, 5.41) is 0. The monoisotopic (exact) mass is 416 g/mol. The molecule has 0 saturated carbocycles. The van der Waals surface area contributed by atoms with Gasteiger partial charge in [-0.2, -0.15) is 0 Å². The van der Waals surface area contributed by atoms with E-state index in [0.717, 1.165) is 32.0 Å². The summed E-state index contributed by atoms with van der Waals surface area (Å²) in [6.45, 7) is 13.5. The normalized spacial score (nSPS) is 12.3. The number of rotatable bonds is 15. The minimum Gasteiger partial charge on any atom is -0.374 e. The molecule has 1 aromatic carbocycles. The molecule has 1 aromatic rings. The number of nitrogens with zero attached hydrogens (tertiary/aromatic N) is 1. The Bertz CT molecular complexity index is 487. The second kappa shape index (κ2) is 15.1. The Balaban J connectivity index is 0.00000676. The maximum absolute atomic E-state index is 6.34. The molecule has 0 bridgehead atoms. The van der Waals surface area contributed by atoms with Crippen LogP contribution in [0.25, 0.3) is 0 Å². The predicted molar refractivity (Wildman–Crippen MR) is 117 cm³/mol. The van der Waals surface area contributed by atoms with Gasteiger partial charge in [-0.1, -0.05) is 36.9 Å².